The number of carbonyl (C=O) groups excluding carboxylic acids is 3. The standard InChI is InChI=1S/C24H34N4O4/c1-4-32-23(31)27-13-9-24(10-14-27)21(29)28(22(30)25-24)20-7-11-26(12-8-20)16-19-6-5-17(2)18(3)15-19/h5-6,15,20H,4,7-14,16H2,1-3H3,(H,25,30). The van der Waals surface area contributed by atoms with Crippen LogP contribution in [0, 0.1) is 13.8 Å². The van der Waals surface area contributed by atoms with Crippen LogP contribution in [0.5, 0.6) is 0 Å². The number of ether oxygens (including phenoxy) is 1. The van der Waals surface area contributed by atoms with Gasteiger partial charge in [-0.1, -0.05) is 18.2 Å². The molecular formula is C24H34N4O4. The second-order valence-electron chi connectivity index (χ2n) is 9.30. The number of nitrogens with one attached hydrogen (secondary N) is 1. The molecule has 3 saturated heterocycles. The van der Waals surface area contributed by atoms with Crippen molar-refractivity contribution in [3.8, 4) is 0 Å². The van der Waals surface area contributed by atoms with Gasteiger partial charge in [-0.2, -0.15) is 0 Å². The average Bonchev–Trinajstić information content (AvgIpc) is 3.01. The molecule has 0 unspecified atom stereocenters. The molecule has 0 atom stereocenters. The van der Waals surface area contributed by atoms with Crippen molar-refractivity contribution in [2.45, 2.75) is 64.6 Å². The quantitative estimate of drug-likeness (QED) is 0.725. The van der Waals surface area contributed by atoms with E-state index in [0.717, 1.165) is 32.5 Å². The molecule has 1 spiro atoms. The van der Waals surface area contributed by atoms with Crippen LogP contribution in [-0.4, -0.2) is 77.1 Å². The Morgan fingerprint density at radius 2 is 1.78 bits per heavy atom. The molecule has 3 aliphatic rings. The van der Waals surface area contributed by atoms with Crippen LogP contribution in [-0.2, 0) is 16.1 Å². The van der Waals surface area contributed by atoms with Crippen LogP contribution < -0.4 is 5.32 Å². The van der Waals surface area contributed by atoms with Crippen molar-refractivity contribution in [3.05, 3.63) is 34.9 Å². The number of carbonyl (C=O) groups is 3. The lowest BCUT2D eigenvalue weighted by Gasteiger charge is -2.38. The molecule has 0 aromatic heterocycles. The van der Waals surface area contributed by atoms with Crippen molar-refractivity contribution in [1.29, 1.82) is 0 Å². The Bertz CT molecular complexity index is 886. The largest absolute Gasteiger partial charge is 0.450 e. The zero-order chi connectivity index (χ0) is 22.9. The molecule has 1 aromatic carbocycles. The normalized spacial score (nSPS) is 21.8. The maximum absolute atomic E-state index is 13.3. The fraction of sp³-hybridized carbons (Fsp3) is 0.625. The Balaban J connectivity index is 1.33. The lowest BCUT2D eigenvalue weighted by atomic mass is 9.87. The average molecular weight is 443 g/mol. The summed E-state index contributed by atoms with van der Waals surface area (Å²) < 4.78 is 5.06. The number of likely N-dealkylation sites (tertiary alicyclic amines) is 2. The van der Waals surface area contributed by atoms with Gasteiger partial charge in [-0.15, -0.1) is 0 Å². The van der Waals surface area contributed by atoms with E-state index in [1.54, 1.807) is 11.8 Å². The van der Waals surface area contributed by atoms with Gasteiger partial charge in [-0.05, 0) is 63.1 Å². The highest BCUT2D eigenvalue weighted by molar-refractivity contribution is 6.07. The Hall–Kier alpha value is -2.61. The molecule has 4 amide bonds. The summed E-state index contributed by atoms with van der Waals surface area (Å²) in [6.45, 7) is 9.78. The molecule has 4 rings (SSSR count). The predicted octanol–water partition coefficient (Wildman–Crippen LogP) is 2.81. The Labute approximate surface area is 189 Å². The summed E-state index contributed by atoms with van der Waals surface area (Å²) in [5.74, 6) is -0.126. The van der Waals surface area contributed by atoms with Crippen LogP contribution in [0.15, 0.2) is 18.2 Å². The van der Waals surface area contributed by atoms with Crippen molar-refractivity contribution in [1.82, 2.24) is 20.0 Å². The maximum Gasteiger partial charge on any atom is 0.409 e. The minimum absolute atomic E-state index is 0.0686. The molecule has 3 fully saturated rings. The molecule has 8 heteroatoms. The van der Waals surface area contributed by atoms with Crippen LogP contribution in [0.4, 0.5) is 9.59 Å². The molecule has 3 heterocycles. The summed E-state index contributed by atoms with van der Waals surface area (Å²) in [4.78, 5) is 43.6. The van der Waals surface area contributed by atoms with Gasteiger partial charge in [0.25, 0.3) is 5.91 Å². The van der Waals surface area contributed by atoms with Crippen LogP contribution in [0.25, 0.3) is 0 Å². The van der Waals surface area contributed by atoms with Gasteiger partial charge in [0.05, 0.1) is 6.61 Å². The number of piperidine rings is 2. The maximum atomic E-state index is 13.3. The van der Waals surface area contributed by atoms with Crippen molar-refractivity contribution < 1.29 is 19.1 Å². The van der Waals surface area contributed by atoms with Gasteiger partial charge in [0.2, 0.25) is 0 Å². The molecule has 0 radical (unpaired) electrons. The summed E-state index contributed by atoms with van der Waals surface area (Å²) >= 11 is 0. The van der Waals surface area contributed by atoms with Gasteiger partial charge in [-0.3, -0.25) is 14.6 Å². The van der Waals surface area contributed by atoms with Crippen LogP contribution in [0.1, 0.15) is 49.3 Å². The lowest BCUT2D eigenvalue weighted by molar-refractivity contribution is -0.135. The van der Waals surface area contributed by atoms with Crippen molar-refractivity contribution >= 4 is 18.0 Å². The van der Waals surface area contributed by atoms with Gasteiger partial charge in [-0.25, -0.2) is 9.59 Å². The van der Waals surface area contributed by atoms with E-state index in [0.29, 0.717) is 32.5 Å². The number of rotatable bonds is 4. The van der Waals surface area contributed by atoms with Crippen LogP contribution in [0.3, 0.4) is 0 Å². The number of nitrogens with zero attached hydrogens (tertiary/aromatic N) is 3. The minimum Gasteiger partial charge on any atom is -0.450 e. The van der Waals surface area contributed by atoms with Gasteiger partial charge in [0.15, 0.2) is 0 Å². The highest BCUT2D eigenvalue weighted by Gasteiger charge is 2.54. The zero-order valence-electron chi connectivity index (χ0n) is 19.4. The van der Waals surface area contributed by atoms with Crippen LogP contribution >= 0.6 is 0 Å². The first-order valence-corrected chi connectivity index (χ1v) is 11.7. The molecule has 0 saturated carbocycles. The zero-order valence-corrected chi connectivity index (χ0v) is 19.4. The lowest BCUT2D eigenvalue weighted by Crippen LogP contribution is -2.56. The predicted molar refractivity (Wildman–Crippen MR) is 120 cm³/mol. The summed E-state index contributed by atoms with van der Waals surface area (Å²) in [6.07, 6.45) is 2.08. The highest BCUT2D eigenvalue weighted by Crippen LogP contribution is 2.33. The minimum atomic E-state index is -0.878. The van der Waals surface area contributed by atoms with Gasteiger partial charge >= 0.3 is 12.1 Å². The van der Waals surface area contributed by atoms with Gasteiger partial charge in [0, 0.05) is 38.8 Å². The molecule has 0 bridgehead atoms. The molecule has 3 aliphatic heterocycles. The summed E-state index contributed by atoms with van der Waals surface area (Å²) in [6, 6.07) is 6.23. The van der Waals surface area contributed by atoms with E-state index >= 15 is 0 Å². The van der Waals surface area contributed by atoms with Gasteiger partial charge in [0.1, 0.15) is 5.54 Å². The number of amides is 4. The summed E-state index contributed by atoms with van der Waals surface area (Å²) in [5, 5.41) is 2.97. The molecule has 32 heavy (non-hydrogen) atoms. The second-order valence-corrected chi connectivity index (χ2v) is 9.30. The molecule has 1 N–H and O–H groups in total. The Morgan fingerprint density at radius 3 is 2.41 bits per heavy atom. The van der Waals surface area contributed by atoms with Crippen LogP contribution in [0.2, 0.25) is 0 Å². The van der Waals surface area contributed by atoms with Crippen molar-refractivity contribution in [2.75, 3.05) is 32.8 Å². The topological polar surface area (TPSA) is 82.2 Å². The van der Waals surface area contributed by atoms with E-state index in [1.165, 1.54) is 21.6 Å². The number of hydrogen-bond donors (Lipinski definition) is 1. The third-order valence-electron chi connectivity index (χ3n) is 7.24. The van der Waals surface area contributed by atoms with E-state index in [4.69, 9.17) is 4.74 Å². The SMILES string of the molecule is CCOC(=O)N1CCC2(CC1)NC(=O)N(C1CCN(Cc3ccc(C)c(C)c3)CC1)C2=O. The second kappa shape index (κ2) is 9.10. The third-order valence-corrected chi connectivity index (χ3v) is 7.24. The highest BCUT2D eigenvalue weighted by atomic mass is 16.6. The van der Waals surface area contributed by atoms with Crippen molar-refractivity contribution in [2.24, 2.45) is 0 Å². The monoisotopic (exact) mass is 442 g/mol. The molecule has 1 aromatic rings. The first-order valence-electron chi connectivity index (χ1n) is 11.7. The Morgan fingerprint density at radius 1 is 1.09 bits per heavy atom. The molecule has 0 aliphatic carbocycles. The fourth-order valence-corrected chi connectivity index (χ4v) is 5.09. The van der Waals surface area contributed by atoms with Gasteiger partial charge < -0.3 is 15.0 Å². The first kappa shape index (κ1) is 22.6. The van der Waals surface area contributed by atoms with E-state index in [9.17, 15) is 14.4 Å². The van der Waals surface area contributed by atoms with Crippen molar-refractivity contribution in [3.63, 3.8) is 0 Å². The van der Waals surface area contributed by atoms with E-state index < -0.39 is 5.54 Å². The number of benzene rings is 1. The Kier molecular flexibility index (Phi) is 6.42. The summed E-state index contributed by atoms with van der Waals surface area (Å²) in [7, 11) is 0. The smallest absolute Gasteiger partial charge is 0.409 e. The molecular weight excluding hydrogens is 408 g/mol. The first-order chi connectivity index (χ1) is 15.3. The third kappa shape index (κ3) is 4.33. The molecule has 174 valence electrons. The number of imide groups is 1. The fourth-order valence-electron chi connectivity index (χ4n) is 5.09. The molecule has 8 nitrogen and oxygen atoms in total. The summed E-state index contributed by atoms with van der Waals surface area (Å²) in [5.41, 5.74) is 3.02. The van der Waals surface area contributed by atoms with E-state index in [1.807, 2.05) is 0 Å². The number of hydrogen-bond acceptors (Lipinski definition) is 5. The number of urea groups is 1. The van der Waals surface area contributed by atoms with E-state index in [2.05, 4.69) is 42.3 Å². The number of aryl methyl sites for hydroxylation is 2. The van der Waals surface area contributed by atoms with E-state index in [-0.39, 0.29) is 24.1 Å².